The average Bonchev–Trinajstić information content (AvgIpc) is 2.86. The fourth-order valence-corrected chi connectivity index (χ4v) is 3.46. The van der Waals surface area contributed by atoms with E-state index < -0.39 is 6.10 Å². The fourth-order valence-electron chi connectivity index (χ4n) is 2.67. The number of fused-ring (bicyclic) bond motifs is 1. The van der Waals surface area contributed by atoms with Gasteiger partial charge < -0.3 is 10.4 Å². The Bertz CT molecular complexity index is 854. The molecule has 0 bridgehead atoms. The summed E-state index contributed by atoms with van der Waals surface area (Å²) in [5.41, 5.74) is 1.92. The number of anilines is 1. The Morgan fingerprint density at radius 3 is 2.54 bits per heavy atom. The van der Waals surface area contributed by atoms with Crippen molar-refractivity contribution in [2.75, 3.05) is 23.9 Å². The van der Waals surface area contributed by atoms with Gasteiger partial charge in [0.05, 0.1) is 23.0 Å². The highest BCUT2D eigenvalue weighted by atomic mass is 32.2. The van der Waals surface area contributed by atoms with Gasteiger partial charge >= 0.3 is 0 Å². The molecule has 0 aromatic heterocycles. The quantitative estimate of drug-likeness (QED) is 0.762. The zero-order chi connectivity index (χ0) is 18.7. The molecule has 1 atom stereocenters. The number of amides is 3. The topological polar surface area (TPSA) is 86.7 Å². The molecule has 26 heavy (non-hydrogen) atoms. The number of thioether (sulfide) groups is 1. The smallest absolute Gasteiger partial charge is 0.261 e. The number of aliphatic hydroxyl groups is 1. The molecule has 2 aromatic carbocycles. The van der Waals surface area contributed by atoms with E-state index in [0.717, 1.165) is 10.5 Å². The number of nitrogens with zero attached hydrogens (tertiary/aromatic N) is 1. The van der Waals surface area contributed by atoms with Crippen molar-refractivity contribution in [1.29, 1.82) is 0 Å². The van der Waals surface area contributed by atoms with E-state index >= 15 is 0 Å². The molecule has 2 aromatic rings. The lowest BCUT2D eigenvalue weighted by atomic mass is 10.1. The minimum absolute atomic E-state index is 0.174. The maximum Gasteiger partial charge on any atom is 0.261 e. The van der Waals surface area contributed by atoms with Gasteiger partial charge in [-0.25, -0.2) is 0 Å². The van der Waals surface area contributed by atoms with Crippen molar-refractivity contribution < 1.29 is 19.5 Å². The molecule has 0 saturated heterocycles. The number of carbonyl (C=O) groups is 3. The van der Waals surface area contributed by atoms with Gasteiger partial charge in [-0.15, -0.1) is 11.8 Å². The normalized spacial score (nSPS) is 14.3. The maximum atomic E-state index is 12.1. The van der Waals surface area contributed by atoms with E-state index in [9.17, 15) is 19.5 Å². The Hall–Kier alpha value is -2.64. The van der Waals surface area contributed by atoms with Gasteiger partial charge in [0, 0.05) is 18.5 Å². The third-order valence-corrected chi connectivity index (χ3v) is 5.08. The molecule has 0 fully saturated rings. The standard InChI is InChI=1S/C19H18N2O4S/c1-21-18(24)14-8-7-13(9-15(14)19(21)25)20-17(23)11-26-10-16(22)12-5-3-2-4-6-12/h2-9,16,22H,10-11H2,1H3,(H,20,23). The first-order valence-electron chi connectivity index (χ1n) is 8.04. The van der Waals surface area contributed by atoms with Crippen LogP contribution in [0.15, 0.2) is 48.5 Å². The zero-order valence-corrected chi connectivity index (χ0v) is 15.0. The highest BCUT2D eigenvalue weighted by molar-refractivity contribution is 8.00. The number of benzene rings is 2. The SMILES string of the molecule is CN1C(=O)c2ccc(NC(=O)CSCC(O)c3ccccc3)cc2C1=O. The van der Waals surface area contributed by atoms with Crippen molar-refractivity contribution in [2.24, 2.45) is 0 Å². The van der Waals surface area contributed by atoms with Gasteiger partial charge in [0.15, 0.2) is 0 Å². The summed E-state index contributed by atoms with van der Waals surface area (Å²) in [7, 11) is 1.43. The number of hydrogen-bond donors (Lipinski definition) is 2. The van der Waals surface area contributed by atoms with Crippen LogP contribution in [-0.2, 0) is 4.79 Å². The predicted octanol–water partition coefficient (Wildman–Crippen LogP) is 2.32. The molecule has 1 heterocycles. The van der Waals surface area contributed by atoms with E-state index in [2.05, 4.69) is 5.32 Å². The molecule has 1 aliphatic heterocycles. The third-order valence-electron chi connectivity index (χ3n) is 4.07. The molecule has 1 aliphatic rings. The van der Waals surface area contributed by atoms with Crippen LogP contribution in [0.4, 0.5) is 5.69 Å². The second-order valence-electron chi connectivity index (χ2n) is 5.92. The Morgan fingerprint density at radius 1 is 1.12 bits per heavy atom. The Balaban J connectivity index is 1.53. The minimum Gasteiger partial charge on any atom is -0.388 e. The number of imide groups is 1. The number of hydrogen-bond acceptors (Lipinski definition) is 5. The zero-order valence-electron chi connectivity index (χ0n) is 14.1. The van der Waals surface area contributed by atoms with Crippen LogP contribution in [-0.4, -0.2) is 46.3 Å². The van der Waals surface area contributed by atoms with Crippen LogP contribution in [0, 0.1) is 0 Å². The summed E-state index contributed by atoms with van der Waals surface area (Å²) in [4.78, 5) is 37.0. The monoisotopic (exact) mass is 370 g/mol. The molecule has 2 N–H and O–H groups in total. The van der Waals surface area contributed by atoms with Crippen LogP contribution in [0.25, 0.3) is 0 Å². The lowest BCUT2D eigenvalue weighted by Crippen LogP contribution is -2.24. The van der Waals surface area contributed by atoms with Crippen LogP contribution >= 0.6 is 11.8 Å². The van der Waals surface area contributed by atoms with Crippen molar-refractivity contribution in [3.05, 3.63) is 65.2 Å². The first-order valence-corrected chi connectivity index (χ1v) is 9.20. The van der Waals surface area contributed by atoms with Gasteiger partial charge in [0.25, 0.3) is 11.8 Å². The van der Waals surface area contributed by atoms with Gasteiger partial charge in [0.1, 0.15) is 0 Å². The van der Waals surface area contributed by atoms with Crippen molar-refractivity contribution in [3.8, 4) is 0 Å². The summed E-state index contributed by atoms with van der Waals surface area (Å²) in [5, 5.41) is 12.8. The molecule has 0 spiro atoms. The summed E-state index contributed by atoms with van der Waals surface area (Å²) in [6.07, 6.45) is -0.631. The summed E-state index contributed by atoms with van der Waals surface area (Å²) in [6.45, 7) is 0. The lowest BCUT2D eigenvalue weighted by molar-refractivity contribution is -0.113. The lowest BCUT2D eigenvalue weighted by Gasteiger charge is -2.10. The van der Waals surface area contributed by atoms with Gasteiger partial charge in [-0.3, -0.25) is 19.3 Å². The van der Waals surface area contributed by atoms with Crippen LogP contribution < -0.4 is 5.32 Å². The summed E-state index contributed by atoms with van der Waals surface area (Å²) >= 11 is 1.32. The van der Waals surface area contributed by atoms with Gasteiger partial charge in [-0.2, -0.15) is 0 Å². The van der Waals surface area contributed by atoms with Crippen LogP contribution in [0.1, 0.15) is 32.4 Å². The average molecular weight is 370 g/mol. The first-order chi connectivity index (χ1) is 12.5. The molecular formula is C19H18N2O4S. The molecule has 6 nitrogen and oxygen atoms in total. The number of aliphatic hydroxyl groups excluding tert-OH is 1. The van der Waals surface area contributed by atoms with Gasteiger partial charge in [0.2, 0.25) is 5.91 Å². The Labute approximate surface area is 155 Å². The largest absolute Gasteiger partial charge is 0.388 e. The second kappa shape index (κ2) is 7.72. The number of rotatable bonds is 6. The molecular weight excluding hydrogens is 352 g/mol. The van der Waals surface area contributed by atoms with Crippen molar-refractivity contribution >= 4 is 35.2 Å². The van der Waals surface area contributed by atoms with Crippen molar-refractivity contribution in [2.45, 2.75) is 6.10 Å². The van der Waals surface area contributed by atoms with Crippen LogP contribution in [0.2, 0.25) is 0 Å². The highest BCUT2D eigenvalue weighted by Gasteiger charge is 2.32. The van der Waals surface area contributed by atoms with Crippen LogP contribution in [0.5, 0.6) is 0 Å². The summed E-state index contributed by atoms with van der Waals surface area (Å²) in [6, 6.07) is 13.9. The fraction of sp³-hybridized carbons (Fsp3) is 0.211. The molecule has 134 valence electrons. The molecule has 7 heteroatoms. The third kappa shape index (κ3) is 3.79. The molecule has 1 unspecified atom stereocenters. The van der Waals surface area contributed by atoms with E-state index in [-0.39, 0.29) is 23.5 Å². The van der Waals surface area contributed by atoms with E-state index in [4.69, 9.17) is 0 Å². The molecule has 0 aliphatic carbocycles. The Kier molecular flexibility index (Phi) is 5.39. The second-order valence-corrected chi connectivity index (χ2v) is 6.95. The summed E-state index contributed by atoms with van der Waals surface area (Å²) < 4.78 is 0. The highest BCUT2D eigenvalue weighted by Crippen LogP contribution is 2.25. The first kappa shape index (κ1) is 18.2. The Morgan fingerprint density at radius 2 is 1.81 bits per heavy atom. The van der Waals surface area contributed by atoms with Crippen molar-refractivity contribution in [3.63, 3.8) is 0 Å². The summed E-state index contributed by atoms with van der Waals surface area (Å²) in [5.74, 6) is -0.372. The number of nitrogens with one attached hydrogen (secondary N) is 1. The van der Waals surface area contributed by atoms with E-state index in [1.54, 1.807) is 12.1 Å². The van der Waals surface area contributed by atoms with E-state index in [1.807, 2.05) is 30.3 Å². The van der Waals surface area contributed by atoms with Gasteiger partial charge in [-0.1, -0.05) is 30.3 Å². The predicted molar refractivity (Wildman–Crippen MR) is 100 cm³/mol. The maximum absolute atomic E-state index is 12.1. The molecule has 0 saturated carbocycles. The van der Waals surface area contributed by atoms with E-state index in [0.29, 0.717) is 22.6 Å². The molecule has 0 radical (unpaired) electrons. The van der Waals surface area contributed by atoms with Crippen molar-refractivity contribution in [1.82, 2.24) is 4.90 Å². The van der Waals surface area contributed by atoms with E-state index in [1.165, 1.54) is 24.9 Å². The van der Waals surface area contributed by atoms with Crippen LogP contribution in [0.3, 0.4) is 0 Å². The molecule has 3 amide bonds. The number of carbonyl (C=O) groups excluding carboxylic acids is 3. The van der Waals surface area contributed by atoms with Gasteiger partial charge in [-0.05, 0) is 23.8 Å². The minimum atomic E-state index is -0.631. The molecule has 3 rings (SSSR count).